The van der Waals surface area contributed by atoms with E-state index in [9.17, 15) is 18.3 Å². The lowest BCUT2D eigenvalue weighted by Gasteiger charge is -2.33. The van der Waals surface area contributed by atoms with Gasteiger partial charge in [0.2, 0.25) is 0 Å². The topological polar surface area (TPSA) is 112 Å². The van der Waals surface area contributed by atoms with Crippen molar-refractivity contribution >= 4 is 27.1 Å². The molecule has 8 nitrogen and oxygen atoms in total. The van der Waals surface area contributed by atoms with Crippen LogP contribution in [0.2, 0.25) is 0 Å². The van der Waals surface area contributed by atoms with Crippen LogP contribution < -0.4 is 10.6 Å². The first kappa shape index (κ1) is 26.2. The van der Waals surface area contributed by atoms with Gasteiger partial charge in [-0.1, -0.05) is 18.2 Å². The van der Waals surface area contributed by atoms with Gasteiger partial charge in [0.05, 0.1) is 22.8 Å². The van der Waals surface area contributed by atoms with Crippen molar-refractivity contribution in [1.29, 1.82) is 0 Å². The molecule has 3 N–H and O–H groups in total. The van der Waals surface area contributed by atoms with Gasteiger partial charge in [0.1, 0.15) is 5.82 Å². The number of aliphatic hydroxyl groups is 1. The molecule has 0 bridgehead atoms. The number of pyridine rings is 1. The van der Waals surface area contributed by atoms with Gasteiger partial charge >= 0.3 is 0 Å². The maximum atomic E-state index is 13.7. The van der Waals surface area contributed by atoms with E-state index in [1.54, 1.807) is 12.1 Å². The van der Waals surface area contributed by atoms with Gasteiger partial charge in [-0.3, -0.25) is 4.79 Å². The molecule has 3 heterocycles. The number of amides is 1. The molecule has 1 aromatic carbocycles. The number of benzene rings is 1. The van der Waals surface area contributed by atoms with Crippen LogP contribution in [-0.4, -0.2) is 72.9 Å². The van der Waals surface area contributed by atoms with Gasteiger partial charge in [-0.05, 0) is 80.0 Å². The predicted octanol–water partition coefficient (Wildman–Crippen LogP) is 3.19. The quantitative estimate of drug-likeness (QED) is 0.487. The van der Waals surface area contributed by atoms with Crippen LogP contribution in [0.5, 0.6) is 0 Å². The monoisotopic (exact) mass is 548 g/mol. The van der Waals surface area contributed by atoms with E-state index in [4.69, 9.17) is 0 Å². The number of aromatic nitrogens is 1. The summed E-state index contributed by atoms with van der Waals surface area (Å²) in [4.78, 5) is 20.9. The number of likely N-dealkylation sites (tertiary alicyclic amines) is 1. The maximum Gasteiger partial charge on any atom is 0.251 e. The second kappa shape index (κ2) is 10.2. The molecule has 4 aliphatic rings. The molecular weight excluding hydrogens is 512 g/mol. The van der Waals surface area contributed by atoms with Crippen LogP contribution in [0.25, 0.3) is 5.57 Å². The first-order valence-electron chi connectivity index (χ1n) is 13.9. The Morgan fingerprint density at radius 2 is 1.92 bits per heavy atom. The molecule has 9 heteroatoms. The third-order valence-corrected chi connectivity index (χ3v) is 10.8. The summed E-state index contributed by atoms with van der Waals surface area (Å²) in [6.07, 6.45) is 6.92. The Bertz CT molecular complexity index is 1470. The van der Waals surface area contributed by atoms with Crippen LogP contribution in [0.3, 0.4) is 0 Å². The molecular formula is C30H36N4O4S. The SMILES string of the molecule is CC1=C(C(=O)NC2CCN(CCO)CC2)C=C(c2cccc(S(=O)(=O)C3CC3)c2)C2c3cc(C)cnc3NC12. The minimum atomic E-state index is -3.35. The Hall–Kier alpha value is -3.01. The normalized spacial score (nSPS) is 23.6. The van der Waals surface area contributed by atoms with E-state index in [0.717, 1.165) is 59.6 Å². The largest absolute Gasteiger partial charge is 0.395 e. The summed E-state index contributed by atoms with van der Waals surface area (Å²) < 4.78 is 26.2. The summed E-state index contributed by atoms with van der Waals surface area (Å²) in [5.41, 5.74) is 5.45. The number of nitrogens with zero attached hydrogens (tertiary/aromatic N) is 2. The van der Waals surface area contributed by atoms with Crippen LogP contribution in [-0.2, 0) is 14.6 Å². The van der Waals surface area contributed by atoms with Gasteiger partial charge in [-0.15, -0.1) is 0 Å². The van der Waals surface area contributed by atoms with Gasteiger partial charge in [0, 0.05) is 48.9 Å². The number of fused-ring (bicyclic) bond motifs is 3. The number of β-amino-alcohol motifs (C(OH)–C–C–N with tert-alkyl or cyclic N) is 1. The molecule has 0 spiro atoms. The Morgan fingerprint density at radius 3 is 2.64 bits per heavy atom. The average Bonchev–Trinajstić information content (AvgIpc) is 3.73. The molecule has 2 aromatic rings. The van der Waals surface area contributed by atoms with Crippen molar-refractivity contribution in [3.8, 4) is 0 Å². The van der Waals surface area contributed by atoms with E-state index in [2.05, 4.69) is 26.6 Å². The highest BCUT2D eigenvalue weighted by atomic mass is 32.2. The smallest absolute Gasteiger partial charge is 0.251 e. The standard InChI is InChI=1S/C30H36N4O4S/c1-18-14-26-27-25(20-4-3-5-23(15-20)39(37,38)22-6-7-22)16-24(19(2)28(27)33-29(26)31-17-18)30(36)32-21-8-10-34(11-9-21)12-13-35/h3-5,14-17,21-22,27-28,35H,6-13H2,1-2H3,(H,31,33)(H,32,36). The first-order chi connectivity index (χ1) is 18.8. The van der Waals surface area contributed by atoms with Crippen molar-refractivity contribution in [3.63, 3.8) is 0 Å². The number of hydrogen-bond donors (Lipinski definition) is 3. The highest BCUT2D eigenvalue weighted by Gasteiger charge is 2.42. The summed E-state index contributed by atoms with van der Waals surface area (Å²) in [7, 11) is -3.35. The van der Waals surface area contributed by atoms with Crippen LogP contribution in [0, 0.1) is 6.92 Å². The van der Waals surface area contributed by atoms with Crippen molar-refractivity contribution in [3.05, 3.63) is 70.4 Å². The van der Waals surface area contributed by atoms with Crippen molar-refractivity contribution in [2.75, 3.05) is 31.6 Å². The average molecular weight is 549 g/mol. The zero-order chi connectivity index (χ0) is 27.3. The minimum Gasteiger partial charge on any atom is -0.395 e. The van der Waals surface area contributed by atoms with Gasteiger partial charge in [-0.2, -0.15) is 0 Å². The Balaban J connectivity index is 1.36. The number of piperidine rings is 1. The fraction of sp³-hybridized carbons (Fsp3) is 0.467. The van der Waals surface area contributed by atoms with Crippen LogP contribution in [0.1, 0.15) is 55.2 Å². The first-order valence-corrected chi connectivity index (χ1v) is 15.4. The lowest BCUT2D eigenvalue weighted by atomic mass is 9.75. The third kappa shape index (κ3) is 4.92. The molecule has 1 saturated heterocycles. The van der Waals surface area contributed by atoms with Crippen LogP contribution in [0.4, 0.5) is 5.82 Å². The van der Waals surface area contributed by atoms with Gasteiger partial charge in [0.15, 0.2) is 9.84 Å². The molecule has 2 fully saturated rings. The van der Waals surface area contributed by atoms with E-state index in [-0.39, 0.29) is 35.8 Å². The summed E-state index contributed by atoms with van der Waals surface area (Å²) in [6, 6.07) is 9.29. The zero-order valence-electron chi connectivity index (χ0n) is 22.5. The third-order valence-electron chi connectivity index (χ3n) is 8.58. The lowest BCUT2D eigenvalue weighted by Crippen LogP contribution is -2.46. The van der Waals surface area contributed by atoms with Crippen LogP contribution in [0.15, 0.2) is 58.6 Å². The Labute approximate surface area is 230 Å². The number of aryl methyl sites for hydroxylation is 1. The van der Waals surface area contributed by atoms with Gasteiger partial charge < -0.3 is 20.6 Å². The minimum absolute atomic E-state index is 0.0763. The molecule has 0 radical (unpaired) electrons. The number of sulfone groups is 1. The number of nitrogens with one attached hydrogen (secondary N) is 2. The molecule has 6 rings (SSSR count). The molecule has 39 heavy (non-hydrogen) atoms. The number of carbonyl (C=O) groups is 1. The number of anilines is 1. The van der Waals surface area contributed by atoms with E-state index >= 15 is 0 Å². The molecule has 2 atom stereocenters. The van der Waals surface area contributed by atoms with Gasteiger partial charge in [0.25, 0.3) is 5.91 Å². The van der Waals surface area contributed by atoms with Crippen molar-refractivity contribution in [2.45, 2.75) is 67.7 Å². The van der Waals surface area contributed by atoms with E-state index < -0.39 is 9.84 Å². The summed E-state index contributed by atoms with van der Waals surface area (Å²) in [6.45, 7) is 6.52. The molecule has 1 amide bonds. The lowest BCUT2D eigenvalue weighted by molar-refractivity contribution is -0.118. The Morgan fingerprint density at radius 1 is 1.15 bits per heavy atom. The van der Waals surface area contributed by atoms with E-state index in [1.165, 1.54) is 0 Å². The second-order valence-electron chi connectivity index (χ2n) is 11.3. The van der Waals surface area contributed by atoms with Crippen molar-refractivity contribution in [1.82, 2.24) is 15.2 Å². The summed E-state index contributed by atoms with van der Waals surface area (Å²) in [5.74, 6) is 0.623. The fourth-order valence-corrected chi connectivity index (χ4v) is 7.93. The maximum absolute atomic E-state index is 13.7. The molecule has 1 aromatic heterocycles. The van der Waals surface area contributed by atoms with E-state index in [0.29, 0.717) is 29.9 Å². The molecule has 2 aliphatic carbocycles. The molecule has 2 unspecified atom stereocenters. The fourth-order valence-electron chi connectivity index (χ4n) is 6.23. The van der Waals surface area contributed by atoms with Crippen LogP contribution >= 0.6 is 0 Å². The number of carbonyl (C=O) groups excluding carboxylic acids is 1. The van der Waals surface area contributed by atoms with E-state index in [1.807, 2.05) is 38.3 Å². The zero-order valence-corrected chi connectivity index (χ0v) is 23.3. The number of hydrogen-bond acceptors (Lipinski definition) is 7. The van der Waals surface area contributed by atoms with Gasteiger partial charge in [-0.25, -0.2) is 13.4 Å². The van der Waals surface area contributed by atoms with Crippen molar-refractivity contribution in [2.24, 2.45) is 0 Å². The van der Waals surface area contributed by atoms with Crippen molar-refractivity contribution < 1.29 is 18.3 Å². The summed E-state index contributed by atoms with van der Waals surface area (Å²) >= 11 is 0. The highest BCUT2D eigenvalue weighted by molar-refractivity contribution is 7.92. The highest BCUT2D eigenvalue weighted by Crippen LogP contribution is 2.49. The number of rotatable bonds is 7. The second-order valence-corrected chi connectivity index (χ2v) is 13.6. The molecule has 1 saturated carbocycles. The Kier molecular flexibility index (Phi) is 6.85. The molecule has 2 aliphatic heterocycles. The molecule has 206 valence electrons. The predicted molar refractivity (Wildman–Crippen MR) is 151 cm³/mol. The number of aliphatic hydroxyl groups excluding tert-OH is 1. The summed E-state index contributed by atoms with van der Waals surface area (Å²) in [5, 5.41) is 15.8.